The highest BCUT2D eigenvalue weighted by molar-refractivity contribution is 6.61. The Morgan fingerprint density at radius 1 is 0.912 bits per heavy atom. The first kappa shape index (κ1) is 24.0. The normalized spacial score (nSPS) is 14.8. The molecule has 2 heterocycles. The summed E-state index contributed by atoms with van der Waals surface area (Å²) in [7, 11) is -2.22. The Morgan fingerprint density at radius 2 is 1.47 bits per heavy atom. The molecule has 4 rings (SSSR count). The van der Waals surface area contributed by atoms with E-state index in [0.29, 0.717) is 42.5 Å². The standard InChI is InChI=1S/C22H24B2N2O8/c27-20(28)13-26(22(30)17-4-2-15-6-10-34-24(32)19(15)12-17)8-7-25-21(29)16-3-1-14-5-9-33-23(31)18(14)11-16/h1-4,11-12,31-32H,5-10,13H2,(H,25,29)(H,27,28). The second-order valence-corrected chi connectivity index (χ2v) is 8.15. The van der Waals surface area contributed by atoms with Crippen LogP contribution in [-0.4, -0.2) is 84.9 Å². The summed E-state index contributed by atoms with van der Waals surface area (Å²) in [5.41, 5.74) is 3.35. The molecule has 0 saturated carbocycles. The average Bonchev–Trinajstić information content (AvgIpc) is 2.83. The van der Waals surface area contributed by atoms with Crippen molar-refractivity contribution in [3.8, 4) is 0 Å². The number of hydrogen-bond donors (Lipinski definition) is 4. The highest BCUT2D eigenvalue weighted by Gasteiger charge is 2.28. The van der Waals surface area contributed by atoms with Gasteiger partial charge in [0.25, 0.3) is 11.8 Å². The molecule has 0 bridgehead atoms. The lowest BCUT2D eigenvalue weighted by Gasteiger charge is -2.23. The number of carbonyl (C=O) groups is 3. The van der Waals surface area contributed by atoms with E-state index < -0.39 is 38.6 Å². The van der Waals surface area contributed by atoms with Gasteiger partial charge >= 0.3 is 20.2 Å². The summed E-state index contributed by atoms with van der Waals surface area (Å²) >= 11 is 0. The van der Waals surface area contributed by atoms with Gasteiger partial charge in [-0.25, -0.2) is 0 Å². The molecule has 0 radical (unpaired) electrons. The highest BCUT2D eigenvalue weighted by atomic mass is 16.5. The maximum Gasteiger partial charge on any atom is 0.491 e. The monoisotopic (exact) mass is 466 g/mol. The Morgan fingerprint density at radius 3 is 2.06 bits per heavy atom. The molecule has 0 atom stereocenters. The molecule has 0 unspecified atom stereocenters. The molecule has 2 aromatic carbocycles. The number of aliphatic carboxylic acids is 1. The third kappa shape index (κ3) is 5.31. The van der Waals surface area contributed by atoms with E-state index in [9.17, 15) is 29.5 Å². The van der Waals surface area contributed by atoms with Crippen molar-refractivity contribution >= 4 is 42.9 Å². The fraction of sp³-hybridized carbons (Fsp3) is 0.318. The number of hydrogen-bond acceptors (Lipinski definition) is 7. The lowest BCUT2D eigenvalue weighted by molar-refractivity contribution is -0.137. The minimum atomic E-state index is -1.19. The predicted molar refractivity (Wildman–Crippen MR) is 123 cm³/mol. The average molecular weight is 466 g/mol. The third-order valence-corrected chi connectivity index (χ3v) is 5.91. The molecule has 12 heteroatoms. The first-order chi connectivity index (χ1) is 16.3. The molecule has 0 aromatic heterocycles. The number of carboxylic acids is 1. The number of carboxylic acid groups (broad SMARTS) is 1. The molecule has 0 saturated heterocycles. The number of carbonyl (C=O) groups excluding carboxylic acids is 2. The van der Waals surface area contributed by atoms with Gasteiger partial charge in [0.2, 0.25) is 0 Å². The Kier molecular flexibility index (Phi) is 7.32. The Bertz CT molecular complexity index is 1110. The van der Waals surface area contributed by atoms with Crippen LogP contribution in [0.25, 0.3) is 0 Å². The van der Waals surface area contributed by atoms with Crippen LogP contribution in [0.4, 0.5) is 0 Å². The van der Waals surface area contributed by atoms with Crippen LogP contribution in [0.2, 0.25) is 0 Å². The number of fused-ring (bicyclic) bond motifs is 2. The van der Waals surface area contributed by atoms with E-state index in [0.717, 1.165) is 16.0 Å². The molecular formula is C22H24B2N2O8. The van der Waals surface area contributed by atoms with Crippen molar-refractivity contribution in [3.63, 3.8) is 0 Å². The van der Waals surface area contributed by atoms with Crippen LogP contribution in [0, 0.1) is 0 Å². The van der Waals surface area contributed by atoms with Crippen molar-refractivity contribution in [3.05, 3.63) is 58.7 Å². The Hall–Kier alpha value is -3.18. The zero-order chi connectivity index (χ0) is 24.2. The van der Waals surface area contributed by atoms with Crippen molar-refractivity contribution in [1.82, 2.24) is 10.2 Å². The SMILES string of the molecule is O=C(O)CN(CCNC(=O)c1ccc2c(c1)B(O)OCC2)C(=O)c1ccc2c(c1)B(O)OCC2. The minimum absolute atomic E-state index is 0.0185. The number of rotatable bonds is 7. The topological polar surface area (TPSA) is 146 Å². The molecule has 0 spiro atoms. The van der Waals surface area contributed by atoms with Crippen molar-refractivity contribution in [2.75, 3.05) is 32.8 Å². The van der Waals surface area contributed by atoms with Crippen molar-refractivity contribution in [2.24, 2.45) is 0 Å². The fourth-order valence-electron chi connectivity index (χ4n) is 4.12. The first-order valence-corrected chi connectivity index (χ1v) is 11.0. The summed E-state index contributed by atoms with van der Waals surface area (Å²) < 4.78 is 10.4. The Labute approximate surface area is 196 Å². The van der Waals surface area contributed by atoms with Crippen molar-refractivity contribution in [1.29, 1.82) is 0 Å². The second kappa shape index (κ2) is 10.4. The zero-order valence-corrected chi connectivity index (χ0v) is 18.4. The first-order valence-electron chi connectivity index (χ1n) is 11.0. The summed E-state index contributed by atoms with van der Waals surface area (Å²) in [4.78, 5) is 38.0. The maximum atomic E-state index is 13.0. The van der Waals surface area contributed by atoms with Gasteiger partial charge < -0.3 is 34.7 Å². The van der Waals surface area contributed by atoms with Gasteiger partial charge in [0.1, 0.15) is 6.54 Å². The van der Waals surface area contributed by atoms with Gasteiger partial charge in [0, 0.05) is 37.4 Å². The molecule has 2 aliphatic heterocycles. The van der Waals surface area contributed by atoms with E-state index in [2.05, 4.69) is 5.32 Å². The maximum absolute atomic E-state index is 13.0. The van der Waals surface area contributed by atoms with Gasteiger partial charge in [-0.15, -0.1) is 0 Å². The summed E-state index contributed by atoms with van der Waals surface area (Å²) in [6.07, 6.45) is 1.25. The number of nitrogens with one attached hydrogen (secondary N) is 1. The van der Waals surface area contributed by atoms with Gasteiger partial charge in [-0.2, -0.15) is 0 Å². The fourth-order valence-corrected chi connectivity index (χ4v) is 4.12. The van der Waals surface area contributed by atoms with Crippen LogP contribution in [0.1, 0.15) is 31.8 Å². The summed E-state index contributed by atoms with van der Waals surface area (Å²) in [5, 5.41) is 32.0. The predicted octanol–water partition coefficient (Wildman–Crippen LogP) is -1.84. The third-order valence-electron chi connectivity index (χ3n) is 5.91. The molecule has 0 aliphatic carbocycles. The highest BCUT2D eigenvalue weighted by Crippen LogP contribution is 2.12. The molecule has 4 N–H and O–H groups in total. The lowest BCUT2D eigenvalue weighted by Crippen LogP contribution is -2.44. The van der Waals surface area contributed by atoms with Crippen molar-refractivity contribution in [2.45, 2.75) is 12.8 Å². The molecule has 10 nitrogen and oxygen atoms in total. The smallest absolute Gasteiger partial charge is 0.480 e. The molecule has 34 heavy (non-hydrogen) atoms. The summed E-state index contributed by atoms with van der Waals surface area (Å²) in [6, 6.07) is 9.80. The lowest BCUT2D eigenvalue weighted by atomic mass is 9.73. The van der Waals surface area contributed by atoms with E-state index in [1.807, 2.05) is 0 Å². The van der Waals surface area contributed by atoms with E-state index in [1.165, 1.54) is 6.07 Å². The van der Waals surface area contributed by atoms with E-state index in [-0.39, 0.29) is 18.7 Å². The van der Waals surface area contributed by atoms with Crippen LogP contribution >= 0.6 is 0 Å². The molecule has 2 aliphatic rings. The molecular weight excluding hydrogens is 442 g/mol. The van der Waals surface area contributed by atoms with Gasteiger partial charge in [0.05, 0.1) is 0 Å². The van der Waals surface area contributed by atoms with E-state index in [4.69, 9.17) is 9.31 Å². The van der Waals surface area contributed by atoms with Gasteiger partial charge in [-0.1, -0.05) is 12.1 Å². The number of nitrogens with zero attached hydrogens (tertiary/aromatic N) is 1. The molecule has 2 amide bonds. The van der Waals surface area contributed by atoms with Gasteiger partial charge in [-0.3, -0.25) is 14.4 Å². The van der Waals surface area contributed by atoms with E-state index >= 15 is 0 Å². The molecule has 2 aromatic rings. The molecule has 0 fully saturated rings. The minimum Gasteiger partial charge on any atom is -0.480 e. The quantitative estimate of drug-likeness (QED) is 0.349. The van der Waals surface area contributed by atoms with Crippen LogP contribution < -0.4 is 16.2 Å². The van der Waals surface area contributed by atoms with Gasteiger partial charge in [0.15, 0.2) is 0 Å². The van der Waals surface area contributed by atoms with Crippen LogP contribution in [0.3, 0.4) is 0 Å². The summed E-state index contributed by atoms with van der Waals surface area (Å²) in [5.74, 6) is -2.15. The van der Waals surface area contributed by atoms with Crippen molar-refractivity contribution < 1.29 is 38.8 Å². The second-order valence-electron chi connectivity index (χ2n) is 8.15. The van der Waals surface area contributed by atoms with Crippen LogP contribution in [0.15, 0.2) is 36.4 Å². The zero-order valence-electron chi connectivity index (χ0n) is 18.4. The number of benzene rings is 2. The van der Waals surface area contributed by atoms with Crippen LogP contribution in [-0.2, 0) is 26.9 Å². The molecule has 176 valence electrons. The largest absolute Gasteiger partial charge is 0.491 e. The Balaban J connectivity index is 1.41. The number of amides is 2. The van der Waals surface area contributed by atoms with Crippen LogP contribution in [0.5, 0.6) is 0 Å². The van der Waals surface area contributed by atoms with E-state index in [1.54, 1.807) is 30.3 Å². The summed E-state index contributed by atoms with van der Waals surface area (Å²) in [6.45, 7) is 0.216. The van der Waals surface area contributed by atoms with Gasteiger partial charge in [-0.05, 0) is 59.2 Å².